The third kappa shape index (κ3) is 4.81. The van der Waals surface area contributed by atoms with Crippen molar-refractivity contribution in [1.82, 2.24) is 10.0 Å². The van der Waals surface area contributed by atoms with Crippen molar-refractivity contribution in [3.8, 4) is 0 Å². The van der Waals surface area contributed by atoms with Crippen molar-refractivity contribution in [1.29, 1.82) is 0 Å². The van der Waals surface area contributed by atoms with E-state index in [0.29, 0.717) is 12.2 Å². The molecular formula is C20H26N2O5S. The fourth-order valence-corrected chi connectivity index (χ4v) is 4.38. The van der Waals surface area contributed by atoms with Crippen molar-refractivity contribution in [2.45, 2.75) is 50.7 Å². The molecule has 2 unspecified atom stereocenters. The van der Waals surface area contributed by atoms with Crippen LogP contribution in [0.3, 0.4) is 0 Å². The molecule has 1 amide bonds. The number of nitrogens with one attached hydrogen (secondary N) is 2. The molecule has 2 N–H and O–H groups in total. The predicted octanol–water partition coefficient (Wildman–Crippen LogP) is 2.84. The maximum atomic E-state index is 12.5. The summed E-state index contributed by atoms with van der Waals surface area (Å²) in [6.45, 7) is 6.52. The number of ether oxygens (including phenoxy) is 1. The Labute approximate surface area is 165 Å². The molecule has 2 atom stereocenters. The minimum atomic E-state index is -3.63. The van der Waals surface area contributed by atoms with Crippen molar-refractivity contribution >= 4 is 15.9 Å². The lowest BCUT2D eigenvalue weighted by atomic mass is 10.1. The molecule has 3 rings (SSSR count). The number of amides is 1. The molecule has 0 bridgehead atoms. The van der Waals surface area contributed by atoms with Crippen molar-refractivity contribution in [3.05, 3.63) is 53.0 Å². The van der Waals surface area contributed by atoms with Crippen molar-refractivity contribution < 1.29 is 22.4 Å². The highest BCUT2D eigenvalue weighted by molar-refractivity contribution is 7.89. The molecule has 1 aromatic heterocycles. The van der Waals surface area contributed by atoms with Crippen LogP contribution < -0.4 is 10.0 Å². The van der Waals surface area contributed by atoms with Crippen LogP contribution in [0, 0.1) is 13.8 Å². The van der Waals surface area contributed by atoms with Crippen molar-refractivity contribution in [2.75, 3.05) is 13.2 Å². The second-order valence-electron chi connectivity index (χ2n) is 7.08. The van der Waals surface area contributed by atoms with Crippen LogP contribution in [0.2, 0.25) is 0 Å². The normalized spacial score (nSPS) is 18.2. The standard InChI is InChI=1S/C20H26N2O5S/c1-13-11-19(15(3)27-13)14(2)22-20(23)16-6-8-18(9-7-16)28(24,25)21-12-17-5-4-10-26-17/h6-9,11,14,17,21H,4-5,10,12H2,1-3H3,(H,22,23). The van der Waals surface area contributed by atoms with Crippen molar-refractivity contribution in [2.24, 2.45) is 0 Å². The number of rotatable bonds is 7. The Kier molecular flexibility index (Phi) is 6.22. The van der Waals surface area contributed by atoms with Gasteiger partial charge in [-0.05, 0) is 63.9 Å². The van der Waals surface area contributed by atoms with Crippen LogP contribution in [-0.4, -0.2) is 33.6 Å². The lowest BCUT2D eigenvalue weighted by Gasteiger charge is -2.14. The van der Waals surface area contributed by atoms with Crippen LogP contribution in [0.5, 0.6) is 0 Å². The number of sulfonamides is 1. The summed E-state index contributed by atoms with van der Waals surface area (Å²) >= 11 is 0. The Morgan fingerprint density at radius 1 is 1.25 bits per heavy atom. The van der Waals surface area contributed by atoms with Crippen LogP contribution in [-0.2, 0) is 14.8 Å². The SMILES string of the molecule is Cc1cc(C(C)NC(=O)c2ccc(S(=O)(=O)NCC3CCCO3)cc2)c(C)o1. The summed E-state index contributed by atoms with van der Waals surface area (Å²) in [5.41, 5.74) is 1.31. The maximum Gasteiger partial charge on any atom is 0.251 e. The molecule has 8 heteroatoms. The zero-order valence-electron chi connectivity index (χ0n) is 16.3. The molecule has 0 radical (unpaired) electrons. The number of hydrogen-bond donors (Lipinski definition) is 2. The molecule has 0 spiro atoms. The van der Waals surface area contributed by atoms with E-state index in [2.05, 4.69) is 10.0 Å². The molecule has 152 valence electrons. The van der Waals surface area contributed by atoms with Gasteiger partial charge >= 0.3 is 0 Å². The van der Waals surface area contributed by atoms with E-state index in [4.69, 9.17) is 9.15 Å². The minimum absolute atomic E-state index is 0.0728. The molecule has 1 aliphatic rings. The molecule has 28 heavy (non-hydrogen) atoms. The highest BCUT2D eigenvalue weighted by Gasteiger charge is 2.21. The molecule has 1 aliphatic heterocycles. The Bertz CT molecular complexity index is 928. The summed E-state index contributed by atoms with van der Waals surface area (Å²) in [5.74, 6) is 1.28. The Morgan fingerprint density at radius 2 is 1.96 bits per heavy atom. The van der Waals surface area contributed by atoms with Gasteiger partial charge in [0.25, 0.3) is 5.91 Å². The Morgan fingerprint density at radius 3 is 2.54 bits per heavy atom. The van der Waals surface area contributed by atoms with Gasteiger partial charge in [0.2, 0.25) is 10.0 Å². The number of benzene rings is 1. The fourth-order valence-electron chi connectivity index (χ4n) is 3.31. The summed E-state index contributed by atoms with van der Waals surface area (Å²) in [7, 11) is -3.63. The monoisotopic (exact) mass is 406 g/mol. The van der Waals surface area contributed by atoms with Gasteiger partial charge in [-0.3, -0.25) is 4.79 Å². The molecule has 0 aliphatic carbocycles. The molecule has 7 nitrogen and oxygen atoms in total. The van der Waals surface area contributed by atoms with Gasteiger partial charge in [0.1, 0.15) is 11.5 Å². The van der Waals surface area contributed by atoms with Gasteiger partial charge in [-0.1, -0.05) is 0 Å². The van der Waals surface area contributed by atoms with Gasteiger partial charge in [-0.2, -0.15) is 0 Å². The van der Waals surface area contributed by atoms with E-state index in [1.807, 2.05) is 26.8 Å². The molecule has 1 fully saturated rings. The molecule has 1 saturated heterocycles. The highest BCUT2D eigenvalue weighted by Crippen LogP contribution is 2.22. The van der Waals surface area contributed by atoms with Crippen LogP contribution in [0.25, 0.3) is 0 Å². The van der Waals surface area contributed by atoms with Gasteiger partial charge < -0.3 is 14.5 Å². The summed E-state index contributed by atoms with van der Waals surface area (Å²) in [4.78, 5) is 12.6. The largest absolute Gasteiger partial charge is 0.466 e. The summed E-state index contributed by atoms with van der Waals surface area (Å²) in [6.07, 6.45) is 1.73. The third-order valence-electron chi connectivity index (χ3n) is 4.85. The molecule has 0 saturated carbocycles. The predicted molar refractivity (Wildman–Crippen MR) is 105 cm³/mol. The number of carbonyl (C=O) groups excluding carboxylic acids is 1. The number of furan rings is 1. The number of aryl methyl sites for hydroxylation is 2. The van der Waals surface area contributed by atoms with E-state index in [1.54, 1.807) is 0 Å². The third-order valence-corrected chi connectivity index (χ3v) is 6.28. The van der Waals surface area contributed by atoms with Gasteiger partial charge in [0, 0.05) is 24.3 Å². The maximum absolute atomic E-state index is 12.5. The van der Waals surface area contributed by atoms with E-state index in [1.165, 1.54) is 24.3 Å². The Balaban J connectivity index is 1.62. The fraction of sp³-hybridized carbons (Fsp3) is 0.450. The zero-order chi connectivity index (χ0) is 20.3. The topological polar surface area (TPSA) is 97.6 Å². The van der Waals surface area contributed by atoms with E-state index < -0.39 is 10.0 Å². The van der Waals surface area contributed by atoms with Crippen LogP contribution >= 0.6 is 0 Å². The lowest BCUT2D eigenvalue weighted by Crippen LogP contribution is -2.32. The van der Waals surface area contributed by atoms with E-state index in [-0.39, 0.29) is 29.5 Å². The second-order valence-corrected chi connectivity index (χ2v) is 8.84. The van der Waals surface area contributed by atoms with Crippen LogP contribution in [0.15, 0.2) is 39.6 Å². The van der Waals surface area contributed by atoms with Crippen molar-refractivity contribution in [3.63, 3.8) is 0 Å². The molecule has 2 aromatic rings. The van der Waals surface area contributed by atoms with Gasteiger partial charge in [-0.15, -0.1) is 0 Å². The quantitative estimate of drug-likeness (QED) is 0.737. The molecule has 2 heterocycles. The average Bonchev–Trinajstić information content (AvgIpc) is 3.29. The average molecular weight is 407 g/mol. The first-order valence-electron chi connectivity index (χ1n) is 9.35. The number of carbonyl (C=O) groups is 1. The zero-order valence-corrected chi connectivity index (χ0v) is 17.1. The minimum Gasteiger partial charge on any atom is -0.466 e. The number of hydrogen-bond acceptors (Lipinski definition) is 5. The summed E-state index contributed by atoms with van der Waals surface area (Å²) in [5, 5.41) is 2.91. The summed E-state index contributed by atoms with van der Waals surface area (Å²) < 4.78 is 38.3. The summed E-state index contributed by atoms with van der Waals surface area (Å²) in [6, 6.07) is 7.57. The first-order valence-corrected chi connectivity index (χ1v) is 10.8. The first kappa shape index (κ1) is 20.6. The smallest absolute Gasteiger partial charge is 0.251 e. The highest BCUT2D eigenvalue weighted by atomic mass is 32.2. The Hall–Kier alpha value is -2.16. The van der Waals surface area contributed by atoms with E-state index in [9.17, 15) is 13.2 Å². The van der Waals surface area contributed by atoms with Crippen LogP contribution in [0.4, 0.5) is 0 Å². The first-order chi connectivity index (χ1) is 13.3. The molecule has 1 aromatic carbocycles. The van der Waals surface area contributed by atoms with E-state index in [0.717, 1.165) is 29.9 Å². The molecular weight excluding hydrogens is 380 g/mol. The van der Waals surface area contributed by atoms with Gasteiger partial charge in [-0.25, -0.2) is 13.1 Å². The second kappa shape index (κ2) is 8.46. The van der Waals surface area contributed by atoms with Crippen LogP contribution in [0.1, 0.15) is 53.2 Å². The van der Waals surface area contributed by atoms with Gasteiger partial charge in [0.05, 0.1) is 17.0 Å². The van der Waals surface area contributed by atoms with E-state index >= 15 is 0 Å². The van der Waals surface area contributed by atoms with Gasteiger partial charge in [0.15, 0.2) is 0 Å². The lowest BCUT2D eigenvalue weighted by molar-refractivity contribution is 0.0939.